The van der Waals surface area contributed by atoms with Gasteiger partial charge in [0.15, 0.2) is 0 Å². The first-order chi connectivity index (χ1) is 18.1. The van der Waals surface area contributed by atoms with Crippen LogP contribution in [0.2, 0.25) is 0 Å². The molecule has 0 spiro atoms. The molecule has 2 heteroatoms. The first-order valence-corrected chi connectivity index (χ1v) is 14.4. The molecule has 0 amide bonds. The second-order valence-corrected chi connectivity index (χ2v) is 12.1. The lowest BCUT2D eigenvalue weighted by molar-refractivity contribution is 0.852. The van der Waals surface area contributed by atoms with Crippen molar-refractivity contribution in [1.29, 1.82) is 0 Å². The Bertz CT molecular complexity index is 1610. The van der Waals surface area contributed by atoms with Gasteiger partial charge in [0.1, 0.15) is 0 Å². The van der Waals surface area contributed by atoms with E-state index in [4.69, 9.17) is 0 Å². The van der Waals surface area contributed by atoms with Crippen LogP contribution in [0.1, 0.15) is 31.4 Å². The fourth-order valence-electron chi connectivity index (χ4n) is 5.66. The molecule has 37 heavy (non-hydrogen) atoms. The molecule has 3 aliphatic rings. The molecule has 1 N–H and O–H groups in total. The molecule has 2 bridgehead atoms. The van der Waals surface area contributed by atoms with Gasteiger partial charge < -0.3 is 5.32 Å². The lowest BCUT2D eigenvalue weighted by Gasteiger charge is -2.35. The second-order valence-electron chi connectivity index (χ2n) is 9.93. The van der Waals surface area contributed by atoms with Gasteiger partial charge in [0.2, 0.25) is 0 Å². The van der Waals surface area contributed by atoms with Gasteiger partial charge in [0.25, 0.3) is 0 Å². The van der Waals surface area contributed by atoms with E-state index in [1.807, 2.05) is 0 Å². The van der Waals surface area contributed by atoms with Crippen LogP contribution in [0, 0.1) is 12.8 Å². The largest absolute Gasteiger partial charge is 0.359 e. The van der Waals surface area contributed by atoms with E-state index in [9.17, 15) is 0 Å². The van der Waals surface area contributed by atoms with Crippen molar-refractivity contribution in [3.05, 3.63) is 149 Å². The van der Waals surface area contributed by atoms with E-state index in [2.05, 4.69) is 141 Å². The van der Waals surface area contributed by atoms with Crippen molar-refractivity contribution in [3.63, 3.8) is 0 Å². The molecular formula is C35H32NP. The maximum absolute atomic E-state index is 3.79. The molecule has 3 aromatic rings. The van der Waals surface area contributed by atoms with E-state index < -0.39 is 7.92 Å². The van der Waals surface area contributed by atoms with Gasteiger partial charge in [-0.3, -0.25) is 0 Å². The number of hydrogen-bond acceptors (Lipinski definition) is 1. The standard InChI is InChI=1S/C35H32NP/c1-4-5-7-14-29-25(3)36-33-23-32(29)30-15-8-6-9-16-34(30)37(35-21-24(2)17-20-31(33)35)28-19-18-26-12-10-11-13-27(26)22-28/h4-15,17-23,32,36H,16H2,1-3H3/b5-4-,14-7-. The van der Waals surface area contributed by atoms with Gasteiger partial charge in [-0.2, -0.15) is 0 Å². The molecule has 2 aliphatic heterocycles. The first kappa shape index (κ1) is 23.7. The van der Waals surface area contributed by atoms with Crippen molar-refractivity contribution in [3.8, 4) is 0 Å². The minimum Gasteiger partial charge on any atom is -0.359 e. The summed E-state index contributed by atoms with van der Waals surface area (Å²) in [5.74, 6) is 0.212. The zero-order chi connectivity index (χ0) is 25.4. The van der Waals surface area contributed by atoms with Crippen LogP contribution in [0.3, 0.4) is 0 Å². The summed E-state index contributed by atoms with van der Waals surface area (Å²) in [6, 6.07) is 22.9. The summed E-state index contributed by atoms with van der Waals surface area (Å²) in [6.45, 7) is 6.50. The predicted molar refractivity (Wildman–Crippen MR) is 162 cm³/mol. The third kappa shape index (κ3) is 4.39. The number of nitrogens with one attached hydrogen (secondary N) is 1. The van der Waals surface area contributed by atoms with Gasteiger partial charge in [-0.25, -0.2) is 0 Å². The van der Waals surface area contributed by atoms with E-state index >= 15 is 0 Å². The molecule has 182 valence electrons. The summed E-state index contributed by atoms with van der Waals surface area (Å²) < 4.78 is 0. The number of fused-ring (bicyclic) bond motifs is 5. The Morgan fingerprint density at radius 1 is 0.919 bits per heavy atom. The highest BCUT2D eigenvalue weighted by molar-refractivity contribution is 7.77. The van der Waals surface area contributed by atoms with Crippen LogP contribution in [0.15, 0.2) is 138 Å². The summed E-state index contributed by atoms with van der Waals surface area (Å²) in [5.41, 5.74) is 7.87. The summed E-state index contributed by atoms with van der Waals surface area (Å²) in [6.07, 6.45) is 21.2. The number of dihydropyridines is 1. The normalized spacial score (nSPS) is 21.0. The van der Waals surface area contributed by atoms with Gasteiger partial charge in [0.05, 0.1) is 0 Å². The Labute approximate surface area is 221 Å². The third-order valence-corrected chi connectivity index (χ3v) is 10.1. The Morgan fingerprint density at radius 3 is 2.65 bits per heavy atom. The molecule has 0 aromatic heterocycles. The van der Waals surface area contributed by atoms with Crippen LogP contribution in [-0.4, -0.2) is 0 Å². The number of rotatable bonds is 3. The van der Waals surface area contributed by atoms with Crippen LogP contribution in [-0.2, 0) is 0 Å². The van der Waals surface area contributed by atoms with Crippen LogP contribution >= 0.6 is 7.92 Å². The molecular weight excluding hydrogens is 465 g/mol. The average Bonchev–Trinajstić information content (AvgIpc) is 3.15. The lowest BCUT2D eigenvalue weighted by atomic mass is 9.84. The summed E-state index contributed by atoms with van der Waals surface area (Å²) in [7, 11) is -0.729. The van der Waals surface area contributed by atoms with E-state index in [-0.39, 0.29) is 5.92 Å². The second kappa shape index (κ2) is 10.0. The SMILES string of the molecule is C/C=C\C=C/C1=C(C)NC2=CC1C1=C(CC=CC=C1)P(c1ccc3ccccc3c1)c1cc(C)ccc12. The Kier molecular flexibility index (Phi) is 6.41. The topological polar surface area (TPSA) is 12.0 Å². The van der Waals surface area contributed by atoms with E-state index in [1.165, 1.54) is 55.0 Å². The molecule has 2 atom stereocenters. The highest BCUT2D eigenvalue weighted by Gasteiger charge is 2.33. The average molecular weight is 498 g/mol. The molecule has 0 fully saturated rings. The summed E-state index contributed by atoms with van der Waals surface area (Å²) in [4.78, 5) is 0. The highest BCUT2D eigenvalue weighted by Crippen LogP contribution is 2.53. The lowest BCUT2D eigenvalue weighted by Crippen LogP contribution is -2.29. The number of allylic oxidation sites excluding steroid dienone is 13. The Hall–Kier alpha value is -3.67. The molecule has 0 radical (unpaired) electrons. The van der Waals surface area contributed by atoms with Crippen molar-refractivity contribution >= 4 is 35.0 Å². The number of aryl methyl sites for hydroxylation is 1. The molecule has 6 rings (SSSR count). The van der Waals surface area contributed by atoms with Gasteiger partial charge in [0, 0.05) is 22.9 Å². The maximum Gasteiger partial charge on any atom is 0.0431 e. The van der Waals surface area contributed by atoms with Crippen LogP contribution < -0.4 is 15.9 Å². The number of benzene rings is 3. The van der Waals surface area contributed by atoms with Gasteiger partial charge in [-0.05, 0) is 85.1 Å². The minimum absolute atomic E-state index is 0.212. The molecule has 0 saturated heterocycles. The highest BCUT2D eigenvalue weighted by atomic mass is 31.1. The monoisotopic (exact) mass is 497 g/mol. The van der Waals surface area contributed by atoms with Crippen LogP contribution in [0.4, 0.5) is 0 Å². The molecule has 1 aliphatic carbocycles. The third-order valence-electron chi connectivity index (χ3n) is 7.45. The number of hydrogen-bond donors (Lipinski definition) is 1. The Balaban J connectivity index is 1.66. The van der Waals surface area contributed by atoms with Gasteiger partial charge in [-0.1, -0.05) is 109 Å². The first-order valence-electron chi connectivity index (χ1n) is 13.1. The zero-order valence-electron chi connectivity index (χ0n) is 21.7. The maximum atomic E-state index is 3.79. The zero-order valence-corrected chi connectivity index (χ0v) is 22.6. The van der Waals surface area contributed by atoms with E-state index in [0.717, 1.165) is 6.42 Å². The van der Waals surface area contributed by atoms with Crippen molar-refractivity contribution in [1.82, 2.24) is 5.32 Å². The Morgan fingerprint density at radius 2 is 1.78 bits per heavy atom. The molecule has 2 heterocycles. The fraction of sp³-hybridized carbons (Fsp3) is 0.143. The van der Waals surface area contributed by atoms with Crippen LogP contribution in [0.25, 0.3) is 16.5 Å². The van der Waals surface area contributed by atoms with Crippen molar-refractivity contribution in [2.45, 2.75) is 27.2 Å². The minimum atomic E-state index is -0.729. The molecule has 0 saturated carbocycles. The van der Waals surface area contributed by atoms with Gasteiger partial charge in [-0.15, -0.1) is 0 Å². The molecule has 2 unspecified atom stereocenters. The quantitative estimate of drug-likeness (QED) is 0.283. The van der Waals surface area contributed by atoms with Crippen LogP contribution in [0.5, 0.6) is 0 Å². The summed E-state index contributed by atoms with van der Waals surface area (Å²) >= 11 is 0. The predicted octanol–water partition coefficient (Wildman–Crippen LogP) is 8.33. The smallest absolute Gasteiger partial charge is 0.0431 e. The van der Waals surface area contributed by atoms with E-state index in [0.29, 0.717) is 0 Å². The fourth-order valence-corrected chi connectivity index (χ4v) is 8.57. The van der Waals surface area contributed by atoms with Crippen molar-refractivity contribution < 1.29 is 0 Å². The molecule has 1 nitrogen and oxygen atoms in total. The summed E-state index contributed by atoms with van der Waals surface area (Å²) in [5, 5.41) is 10.8. The van der Waals surface area contributed by atoms with E-state index in [1.54, 1.807) is 5.31 Å². The van der Waals surface area contributed by atoms with Gasteiger partial charge >= 0.3 is 0 Å². The molecule has 3 aromatic carbocycles. The van der Waals surface area contributed by atoms with Crippen molar-refractivity contribution in [2.24, 2.45) is 5.92 Å². The van der Waals surface area contributed by atoms with Crippen molar-refractivity contribution in [2.75, 3.05) is 0 Å².